The van der Waals surface area contributed by atoms with E-state index in [0.29, 0.717) is 19.1 Å². The highest BCUT2D eigenvalue weighted by atomic mass is 16.5. The van der Waals surface area contributed by atoms with Crippen LogP contribution in [0.1, 0.15) is 65.7 Å². The Hall–Kier alpha value is -0.610. The van der Waals surface area contributed by atoms with E-state index >= 15 is 0 Å². The van der Waals surface area contributed by atoms with Crippen LogP contribution in [-0.4, -0.2) is 30.2 Å². The third-order valence-electron chi connectivity index (χ3n) is 3.91. The van der Waals surface area contributed by atoms with Crippen LogP contribution in [0.3, 0.4) is 0 Å². The van der Waals surface area contributed by atoms with Crippen molar-refractivity contribution in [1.29, 1.82) is 0 Å². The van der Waals surface area contributed by atoms with Crippen LogP contribution in [0.4, 0.5) is 0 Å². The van der Waals surface area contributed by atoms with Gasteiger partial charge in [-0.3, -0.25) is 4.79 Å². The van der Waals surface area contributed by atoms with Crippen molar-refractivity contribution in [2.24, 2.45) is 5.73 Å². The van der Waals surface area contributed by atoms with Crippen molar-refractivity contribution < 1.29 is 9.53 Å². The zero-order chi connectivity index (χ0) is 14.3. The number of hydrogen-bond acceptors (Lipinski definition) is 3. The lowest BCUT2D eigenvalue weighted by Crippen LogP contribution is -2.56. The second kappa shape index (κ2) is 7.85. The summed E-state index contributed by atoms with van der Waals surface area (Å²) < 4.78 is 5.94. The average Bonchev–Trinajstić information content (AvgIpc) is 2.56. The van der Waals surface area contributed by atoms with Gasteiger partial charge in [-0.1, -0.05) is 25.7 Å². The zero-order valence-corrected chi connectivity index (χ0v) is 12.7. The number of ether oxygens (including phenoxy) is 1. The van der Waals surface area contributed by atoms with Crippen LogP contribution >= 0.6 is 0 Å². The molecule has 0 aromatic heterocycles. The molecule has 1 amide bonds. The fourth-order valence-corrected chi connectivity index (χ4v) is 2.74. The lowest BCUT2D eigenvalue weighted by atomic mass is 9.96. The van der Waals surface area contributed by atoms with Gasteiger partial charge in [-0.15, -0.1) is 0 Å². The van der Waals surface area contributed by atoms with Gasteiger partial charge in [0.05, 0.1) is 11.6 Å². The Bertz CT molecular complexity index is 273. The molecule has 0 bridgehead atoms. The monoisotopic (exact) mass is 270 g/mol. The van der Waals surface area contributed by atoms with Crippen molar-refractivity contribution in [3.05, 3.63) is 0 Å². The third kappa shape index (κ3) is 5.91. The maximum atomic E-state index is 11.6. The molecule has 19 heavy (non-hydrogen) atoms. The normalized spacial score (nSPS) is 21.1. The van der Waals surface area contributed by atoms with Crippen molar-refractivity contribution in [3.8, 4) is 0 Å². The summed E-state index contributed by atoms with van der Waals surface area (Å²) >= 11 is 0. The molecule has 0 aromatic rings. The summed E-state index contributed by atoms with van der Waals surface area (Å²) in [5.74, 6) is -0.300. The highest BCUT2D eigenvalue weighted by Crippen LogP contribution is 2.21. The molecular weight excluding hydrogens is 240 g/mol. The van der Waals surface area contributed by atoms with Gasteiger partial charge in [0, 0.05) is 12.6 Å². The molecule has 1 atom stereocenters. The molecule has 0 radical (unpaired) electrons. The van der Waals surface area contributed by atoms with Crippen molar-refractivity contribution in [2.75, 3.05) is 6.61 Å². The van der Waals surface area contributed by atoms with E-state index in [1.807, 2.05) is 20.8 Å². The molecule has 0 spiro atoms. The largest absolute Gasteiger partial charge is 0.378 e. The Morgan fingerprint density at radius 3 is 2.37 bits per heavy atom. The van der Waals surface area contributed by atoms with Crippen LogP contribution < -0.4 is 11.1 Å². The Labute approximate surface area is 117 Å². The zero-order valence-electron chi connectivity index (χ0n) is 12.7. The molecule has 1 unspecified atom stereocenters. The van der Waals surface area contributed by atoms with Gasteiger partial charge in [-0.05, 0) is 40.0 Å². The molecule has 1 saturated carbocycles. The summed E-state index contributed by atoms with van der Waals surface area (Å²) in [6.07, 6.45) is 8.51. The molecular formula is C15H30N2O2. The Morgan fingerprint density at radius 1 is 1.32 bits per heavy atom. The standard InChI is InChI=1S/C15H30N2O2/c1-12(2)17-15(3,14(16)18)10-11-19-13-8-6-4-5-7-9-13/h12-13,17H,4-11H2,1-3H3,(H2,16,18). The summed E-state index contributed by atoms with van der Waals surface area (Å²) in [5.41, 5.74) is 4.84. The van der Waals surface area contributed by atoms with E-state index in [-0.39, 0.29) is 11.9 Å². The Balaban J connectivity index is 2.37. The predicted molar refractivity (Wildman–Crippen MR) is 77.9 cm³/mol. The minimum absolute atomic E-state index is 0.232. The first-order chi connectivity index (χ1) is 8.94. The first-order valence-electron chi connectivity index (χ1n) is 7.63. The van der Waals surface area contributed by atoms with E-state index in [4.69, 9.17) is 10.5 Å². The number of nitrogens with one attached hydrogen (secondary N) is 1. The van der Waals surface area contributed by atoms with E-state index in [1.54, 1.807) is 0 Å². The summed E-state index contributed by atoms with van der Waals surface area (Å²) in [7, 11) is 0. The van der Waals surface area contributed by atoms with E-state index < -0.39 is 5.54 Å². The predicted octanol–water partition coefficient (Wildman–Crippen LogP) is 2.36. The first-order valence-corrected chi connectivity index (χ1v) is 7.63. The van der Waals surface area contributed by atoms with Gasteiger partial charge in [0.2, 0.25) is 5.91 Å². The van der Waals surface area contributed by atoms with E-state index in [9.17, 15) is 4.79 Å². The topological polar surface area (TPSA) is 64.3 Å². The minimum Gasteiger partial charge on any atom is -0.378 e. The van der Waals surface area contributed by atoms with E-state index in [1.165, 1.54) is 25.7 Å². The van der Waals surface area contributed by atoms with Crippen LogP contribution in [0.2, 0.25) is 0 Å². The van der Waals surface area contributed by atoms with Crippen molar-refractivity contribution in [1.82, 2.24) is 5.32 Å². The molecule has 0 aliphatic heterocycles. The molecule has 0 heterocycles. The smallest absolute Gasteiger partial charge is 0.237 e. The molecule has 112 valence electrons. The Morgan fingerprint density at radius 2 is 1.89 bits per heavy atom. The van der Waals surface area contributed by atoms with E-state index in [2.05, 4.69) is 5.32 Å². The molecule has 4 heteroatoms. The van der Waals surface area contributed by atoms with Crippen LogP contribution in [0.15, 0.2) is 0 Å². The van der Waals surface area contributed by atoms with Gasteiger partial charge in [-0.25, -0.2) is 0 Å². The Kier molecular flexibility index (Phi) is 6.80. The van der Waals surface area contributed by atoms with Gasteiger partial charge >= 0.3 is 0 Å². The summed E-state index contributed by atoms with van der Waals surface area (Å²) in [6, 6.07) is 0.232. The summed E-state index contributed by atoms with van der Waals surface area (Å²) in [4.78, 5) is 11.6. The molecule has 3 N–H and O–H groups in total. The number of carbonyl (C=O) groups excluding carboxylic acids is 1. The number of nitrogens with two attached hydrogens (primary N) is 1. The van der Waals surface area contributed by atoms with Crippen molar-refractivity contribution in [2.45, 2.75) is 83.4 Å². The number of carbonyl (C=O) groups is 1. The van der Waals surface area contributed by atoms with Gasteiger partial charge in [0.25, 0.3) is 0 Å². The number of rotatable bonds is 7. The van der Waals surface area contributed by atoms with Crippen LogP contribution in [0.25, 0.3) is 0 Å². The minimum atomic E-state index is -0.668. The maximum absolute atomic E-state index is 11.6. The number of amides is 1. The summed E-state index contributed by atoms with van der Waals surface area (Å²) in [5, 5.41) is 3.25. The highest BCUT2D eigenvalue weighted by molar-refractivity contribution is 5.84. The van der Waals surface area contributed by atoms with Crippen LogP contribution in [0.5, 0.6) is 0 Å². The lowest BCUT2D eigenvalue weighted by Gasteiger charge is -2.30. The number of hydrogen-bond donors (Lipinski definition) is 2. The SMILES string of the molecule is CC(C)NC(C)(CCOC1CCCCCC1)C(N)=O. The van der Waals surface area contributed by atoms with Crippen molar-refractivity contribution in [3.63, 3.8) is 0 Å². The molecule has 1 fully saturated rings. The van der Waals surface area contributed by atoms with Gasteiger partial charge in [-0.2, -0.15) is 0 Å². The quantitative estimate of drug-likeness (QED) is 0.698. The fourth-order valence-electron chi connectivity index (χ4n) is 2.74. The molecule has 0 aromatic carbocycles. The van der Waals surface area contributed by atoms with Gasteiger partial charge in [0.1, 0.15) is 0 Å². The van der Waals surface area contributed by atoms with Crippen molar-refractivity contribution >= 4 is 5.91 Å². The van der Waals surface area contributed by atoms with Crippen LogP contribution in [-0.2, 0) is 9.53 Å². The average molecular weight is 270 g/mol. The van der Waals surface area contributed by atoms with Gasteiger partial charge < -0.3 is 15.8 Å². The fraction of sp³-hybridized carbons (Fsp3) is 0.933. The molecule has 0 saturated heterocycles. The second-order valence-corrected chi connectivity index (χ2v) is 6.23. The molecule has 1 aliphatic rings. The lowest BCUT2D eigenvalue weighted by molar-refractivity contribution is -0.125. The molecule has 4 nitrogen and oxygen atoms in total. The number of primary amides is 1. The molecule has 1 aliphatic carbocycles. The summed E-state index contributed by atoms with van der Waals surface area (Å²) in [6.45, 7) is 6.51. The first kappa shape index (κ1) is 16.4. The third-order valence-corrected chi connectivity index (χ3v) is 3.91. The van der Waals surface area contributed by atoms with Gasteiger partial charge in [0.15, 0.2) is 0 Å². The van der Waals surface area contributed by atoms with Crippen LogP contribution in [0, 0.1) is 0 Å². The molecule has 1 rings (SSSR count). The van der Waals surface area contributed by atoms with E-state index in [0.717, 1.165) is 12.8 Å². The second-order valence-electron chi connectivity index (χ2n) is 6.23. The highest BCUT2D eigenvalue weighted by Gasteiger charge is 2.31. The maximum Gasteiger partial charge on any atom is 0.237 e.